The van der Waals surface area contributed by atoms with Gasteiger partial charge in [0.15, 0.2) is 11.5 Å². The SMILES string of the molecule is Nc1ncnc2c1ncn2CC(=O)NC1CCCN(C(=O)c2ccccc2)C1. The summed E-state index contributed by atoms with van der Waals surface area (Å²) in [5.74, 6) is 0.120. The minimum absolute atomic E-state index is 0.00710. The van der Waals surface area contributed by atoms with Crippen molar-refractivity contribution < 1.29 is 9.59 Å². The summed E-state index contributed by atoms with van der Waals surface area (Å²) < 4.78 is 1.64. The lowest BCUT2D eigenvalue weighted by molar-refractivity contribution is -0.122. The fraction of sp³-hybridized carbons (Fsp3) is 0.316. The molecule has 2 aromatic heterocycles. The molecule has 28 heavy (non-hydrogen) atoms. The zero-order valence-electron chi connectivity index (χ0n) is 15.3. The number of rotatable bonds is 4. The number of piperidine rings is 1. The van der Waals surface area contributed by atoms with Gasteiger partial charge in [0.25, 0.3) is 5.91 Å². The van der Waals surface area contributed by atoms with Gasteiger partial charge >= 0.3 is 0 Å². The molecule has 4 rings (SSSR count). The van der Waals surface area contributed by atoms with Crippen LogP contribution >= 0.6 is 0 Å². The molecule has 9 heteroatoms. The van der Waals surface area contributed by atoms with Gasteiger partial charge in [-0.3, -0.25) is 9.59 Å². The number of carbonyl (C=O) groups excluding carboxylic acids is 2. The summed E-state index contributed by atoms with van der Waals surface area (Å²) in [4.78, 5) is 39.2. The third kappa shape index (κ3) is 3.64. The van der Waals surface area contributed by atoms with E-state index in [-0.39, 0.29) is 30.2 Å². The molecule has 1 atom stereocenters. The molecule has 0 aliphatic carbocycles. The first kappa shape index (κ1) is 17.9. The Hall–Kier alpha value is -3.49. The fourth-order valence-corrected chi connectivity index (χ4v) is 3.49. The molecule has 3 N–H and O–H groups in total. The maximum atomic E-state index is 12.6. The lowest BCUT2D eigenvalue weighted by Gasteiger charge is -2.33. The Morgan fingerprint density at radius 3 is 2.82 bits per heavy atom. The van der Waals surface area contributed by atoms with E-state index in [0.29, 0.717) is 29.8 Å². The van der Waals surface area contributed by atoms with E-state index < -0.39 is 0 Å². The van der Waals surface area contributed by atoms with E-state index in [4.69, 9.17) is 5.73 Å². The van der Waals surface area contributed by atoms with Crippen LogP contribution in [-0.2, 0) is 11.3 Å². The number of hydrogen-bond donors (Lipinski definition) is 2. The van der Waals surface area contributed by atoms with Gasteiger partial charge in [-0.1, -0.05) is 18.2 Å². The second-order valence-electron chi connectivity index (χ2n) is 6.83. The molecule has 0 bridgehead atoms. The van der Waals surface area contributed by atoms with Crippen molar-refractivity contribution >= 4 is 28.8 Å². The van der Waals surface area contributed by atoms with E-state index in [0.717, 1.165) is 12.8 Å². The van der Waals surface area contributed by atoms with Gasteiger partial charge in [-0.05, 0) is 25.0 Å². The molecule has 1 saturated heterocycles. The molecular weight excluding hydrogens is 358 g/mol. The first-order chi connectivity index (χ1) is 13.6. The zero-order valence-corrected chi connectivity index (χ0v) is 15.3. The summed E-state index contributed by atoms with van der Waals surface area (Å²) in [5, 5.41) is 3.02. The van der Waals surface area contributed by atoms with Crippen LogP contribution in [-0.4, -0.2) is 55.4 Å². The Labute approximate surface area is 161 Å². The third-order valence-corrected chi connectivity index (χ3v) is 4.84. The molecule has 1 aromatic carbocycles. The van der Waals surface area contributed by atoms with E-state index in [2.05, 4.69) is 20.3 Å². The highest BCUT2D eigenvalue weighted by Crippen LogP contribution is 2.16. The van der Waals surface area contributed by atoms with Crippen molar-refractivity contribution in [2.45, 2.75) is 25.4 Å². The summed E-state index contributed by atoms with van der Waals surface area (Å²) in [6, 6.07) is 9.12. The number of imidazole rings is 1. The number of likely N-dealkylation sites (tertiary alicyclic amines) is 1. The van der Waals surface area contributed by atoms with Gasteiger partial charge in [0.1, 0.15) is 18.4 Å². The van der Waals surface area contributed by atoms with Crippen LogP contribution in [0.2, 0.25) is 0 Å². The van der Waals surface area contributed by atoms with Crippen LogP contribution in [0.25, 0.3) is 11.2 Å². The topological polar surface area (TPSA) is 119 Å². The number of amides is 2. The van der Waals surface area contributed by atoms with Crippen molar-refractivity contribution in [1.29, 1.82) is 0 Å². The van der Waals surface area contributed by atoms with E-state index in [1.807, 2.05) is 30.3 Å². The number of nitrogens with one attached hydrogen (secondary N) is 1. The van der Waals surface area contributed by atoms with Gasteiger partial charge in [0, 0.05) is 24.7 Å². The molecule has 2 amide bonds. The smallest absolute Gasteiger partial charge is 0.253 e. The van der Waals surface area contributed by atoms with Crippen LogP contribution in [0.4, 0.5) is 5.82 Å². The van der Waals surface area contributed by atoms with Gasteiger partial charge in [-0.25, -0.2) is 15.0 Å². The highest BCUT2D eigenvalue weighted by molar-refractivity contribution is 5.94. The lowest BCUT2D eigenvalue weighted by Crippen LogP contribution is -2.50. The molecule has 3 heterocycles. The maximum absolute atomic E-state index is 12.6. The van der Waals surface area contributed by atoms with Crippen LogP contribution in [0.3, 0.4) is 0 Å². The molecule has 1 unspecified atom stereocenters. The Balaban J connectivity index is 1.39. The van der Waals surface area contributed by atoms with Gasteiger partial charge in [0.2, 0.25) is 5.91 Å². The van der Waals surface area contributed by atoms with Crippen LogP contribution in [0.5, 0.6) is 0 Å². The van der Waals surface area contributed by atoms with Crippen molar-refractivity contribution in [3.05, 3.63) is 48.5 Å². The van der Waals surface area contributed by atoms with Crippen molar-refractivity contribution in [2.75, 3.05) is 18.8 Å². The number of nitrogens with zero attached hydrogens (tertiary/aromatic N) is 5. The molecule has 1 aliphatic heterocycles. The summed E-state index contributed by atoms with van der Waals surface area (Å²) in [7, 11) is 0. The van der Waals surface area contributed by atoms with Crippen LogP contribution in [0.1, 0.15) is 23.2 Å². The predicted molar refractivity (Wildman–Crippen MR) is 103 cm³/mol. The van der Waals surface area contributed by atoms with Crippen LogP contribution < -0.4 is 11.1 Å². The first-order valence-corrected chi connectivity index (χ1v) is 9.17. The molecule has 144 valence electrons. The van der Waals surface area contributed by atoms with Gasteiger partial charge in [0.05, 0.1) is 6.33 Å². The number of fused-ring (bicyclic) bond motifs is 1. The second-order valence-corrected chi connectivity index (χ2v) is 6.83. The third-order valence-electron chi connectivity index (χ3n) is 4.84. The monoisotopic (exact) mass is 379 g/mol. The first-order valence-electron chi connectivity index (χ1n) is 9.17. The normalized spacial score (nSPS) is 16.9. The maximum Gasteiger partial charge on any atom is 0.253 e. The van der Waals surface area contributed by atoms with Crippen molar-refractivity contribution in [3.8, 4) is 0 Å². The largest absolute Gasteiger partial charge is 0.382 e. The fourth-order valence-electron chi connectivity index (χ4n) is 3.49. The second kappa shape index (κ2) is 7.63. The molecule has 0 spiro atoms. The average Bonchev–Trinajstić information content (AvgIpc) is 3.12. The molecule has 1 aliphatic rings. The number of anilines is 1. The van der Waals surface area contributed by atoms with Gasteiger partial charge in [-0.2, -0.15) is 0 Å². The number of nitrogen functional groups attached to an aromatic ring is 1. The van der Waals surface area contributed by atoms with E-state index in [1.54, 1.807) is 9.47 Å². The Morgan fingerprint density at radius 1 is 1.18 bits per heavy atom. The quantitative estimate of drug-likeness (QED) is 0.693. The van der Waals surface area contributed by atoms with Gasteiger partial charge in [-0.15, -0.1) is 0 Å². The summed E-state index contributed by atoms with van der Waals surface area (Å²) in [6.45, 7) is 1.28. The molecule has 0 saturated carbocycles. The minimum atomic E-state index is -0.157. The van der Waals surface area contributed by atoms with Crippen molar-refractivity contribution in [2.24, 2.45) is 0 Å². The number of carbonyl (C=O) groups is 2. The molecule has 3 aromatic rings. The number of aromatic nitrogens is 4. The van der Waals surface area contributed by atoms with E-state index >= 15 is 0 Å². The molecule has 0 radical (unpaired) electrons. The average molecular weight is 379 g/mol. The zero-order chi connectivity index (χ0) is 19.5. The van der Waals surface area contributed by atoms with E-state index in [1.165, 1.54) is 12.7 Å². The lowest BCUT2D eigenvalue weighted by atomic mass is 10.0. The van der Waals surface area contributed by atoms with Crippen molar-refractivity contribution in [1.82, 2.24) is 29.7 Å². The predicted octanol–water partition coefficient (Wildman–Crippen LogP) is 0.830. The van der Waals surface area contributed by atoms with E-state index in [9.17, 15) is 9.59 Å². The Bertz CT molecular complexity index is 1000. The number of nitrogens with two attached hydrogens (primary N) is 1. The Kier molecular flexibility index (Phi) is 4.88. The minimum Gasteiger partial charge on any atom is -0.382 e. The van der Waals surface area contributed by atoms with Crippen LogP contribution in [0, 0.1) is 0 Å². The number of hydrogen-bond acceptors (Lipinski definition) is 6. The van der Waals surface area contributed by atoms with Crippen LogP contribution in [0.15, 0.2) is 43.0 Å². The Morgan fingerprint density at radius 2 is 2.00 bits per heavy atom. The molecule has 9 nitrogen and oxygen atoms in total. The van der Waals surface area contributed by atoms with Gasteiger partial charge < -0.3 is 20.5 Å². The standard InChI is InChI=1S/C19H21N7O2/c20-17-16-18(22-11-21-17)26(12-23-16)10-15(27)24-14-7-4-8-25(9-14)19(28)13-5-2-1-3-6-13/h1-3,5-6,11-12,14H,4,7-10H2,(H,24,27)(H2,20,21,22). The summed E-state index contributed by atoms with van der Waals surface area (Å²) >= 11 is 0. The highest BCUT2D eigenvalue weighted by atomic mass is 16.2. The highest BCUT2D eigenvalue weighted by Gasteiger charge is 2.25. The number of benzene rings is 1. The summed E-state index contributed by atoms with van der Waals surface area (Å²) in [5.41, 5.74) is 7.44. The molecular formula is C19H21N7O2. The van der Waals surface area contributed by atoms with Crippen molar-refractivity contribution in [3.63, 3.8) is 0 Å². The molecule has 1 fully saturated rings. The summed E-state index contributed by atoms with van der Waals surface area (Å²) in [6.07, 6.45) is 4.56.